The monoisotopic (exact) mass is 486 g/mol. The van der Waals surface area contributed by atoms with Crippen LogP contribution >= 0.6 is 22.9 Å². The van der Waals surface area contributed by atoms with E-state index in [1.54, 1.807) is 11.3 Å². The molecule has 5 aromatic carbocycles. The second-order valence-electron chi connectivity index (χ2n) is 8.75. The van der Waals surface area contributed by atoms with Crippen LogP contribution in [0, 0.1) is 0 Å². The highest BCUT2D eigenvalue weighted by atomic mass is 35.5. The first-order valence-electron chi connectivity index (χ1n) is 11.4. The van der Waals surface area contributed by atoms with Gasteiger partial charge in [0, 0.05) is 26.4 Å². The van der Waals surface area contributed by atoms with E-state index >= 15 is 0 Å². The molecule has 3 aromatic heterocycles. The Kier molecular flexibility index (Phi) is 3.87. The molecule has 0 aliphatic carbocycles. The number of benzene rings is 5. The summed E-state index contributed by atoms with van der Waals surface area (Å²) in [7, 11) is 0. The van der Waals surface area contributed by atoms with Crippen molar-refractivity contribution in [2.45, 2.75) is 0 Å². The molecule has 0 fully saturated rings. The van der Waals surface area contributed by atoms with Gasteiger partial charge in [-0.2, -0.15) is 0 Å². The molecular formula is C30H15ClN2OS. The average molecular weight is 487 g/mol. The van der Waals surface area contributed by atoms with Crippen LogP contribution in [0.3, 0.4) is 0 Å². The molecule has 0 saturated heterocycles. The van der Waals surface area contributed by atoms with Crippen LogP contribution in [-0.2, 0) is 0 Å². The first kappa shape index (κ1) is 19.3. The molecular weight excluding hydrogens is 472 g/mol. The Labute approximate surface area is 208 Å². The van der Waals surface area contributed by atoms with Crippen molar-refractivity contribution in [2.24, 2.45) is 0 Å². The minimum atomic E-state index is 0.484. The zero-order chi connectivity index (χ0) is 23.1. The van der Waals surface area contributed by atoms with E-state index in [1.807, 2.05) is 18.2 Å². The molecule has 0 spiro atoms. The predicted octanol–water partition coefficient (Wildman–Crippen LogP) is 9.37. The number of thiophene rings is 1. The third kappa shape index (κ3) is 2.72. The molecule has 5 heteroatoms. The Bertz CT molecular complexity index is 2140. The van der Waals surface area contributed by atoms with Gasteiger partial charge in [-0.3, -0.25) is 0 Å². The number of rotatable bonds is 1. The van der Waals surface area contributed by atoms with E-state index in [1.165, 1.54) is 21.5 Å². The van der Waals surface area contributed by atoms with E-state index in [9.17, 15) is 0 Å². The average Bonchev–Trinajstić information content (AvgIpc) is 3.47. The predicted molar refractivity (Wildman–Crippen MR) is 148 cm³/mol. The topological polar surface area (TPSA) is 38.9 Å². The van der Waals surface area contributed by atoms with Crippen LogP contribution in [0.15, 0.2) is 95.4 Å². The molecule has 0 radical (unpaired) electrons. The molecule has 3 heterocycles. The zero-order valence-corrected chi connectivity index (χ0v) is 19.8. The van der Waals surface area contributed by atoms with Gasteiger partial charge in [0.25, 0.3) is 0 Å². The maximum Gasteiger partial charge on any atom is 0.161 e. The quantitative estimate of drug-likeness (QED) is 0.217. The van der Waals surface area contributed by atoms with E-state index in [4.69, 9.17) is 26.0 Å². The number of fused-ring (bicyclic) bond motifs is 10. The van der Waals surface area contributed by atoms with E-state index in [0.717, 1.165) is 47.8 Å². The summed E-state index contributed by atoms with van der Waals surface area (Å²) in [6, 6.07) is 31.4. The maximum absolute atomic E-state index is 6.75. The molecule has 0 bridgehead atoms. The molecule has 35 heavy (non-hydrogen) atoms. The SMILES string of the molecule is Clc1nc(-c2ccc3oc4ccc5ccccc5c4c3c2)nc2c1sc1ccc3ccccc3c12. The van der Waals surface area contributed by atoms with Crippen molar-refractivity contribution in [1.29, 1.82) is 0 Å². The van der Waals surface area contributed by atoms with Gasteiger partial charge in [0.2, 0.25) is 0 Å². The number of nitrogens with zero attached hydrogens (tertiary/aromatic N) is 2. The minimum absolute atomic E-state index is 0.484. The first-order valence-corrected chi connectivity index (χ1v) is 12.6. The van der Waals surface area contributed by atoms with E-state index in [-0.39, 0.29) is 0 Å². The summed E-state index contributed by atoms with van der Waals surface area (Å²) in [5.74, 6) is 0.617. The van der Waals surface area contributed by atoms with Gasteiger partial charge in [0.15, 0.2) is 11.0 Å². The lowest BCUT2D eigenvalue weighted by Crippen LogP contribution is -1.90. The van der Waals surface area contributed by atoms with Gasteiger partial charge in [-0.25, -0.2) is 9.97 Å². The molecule has 0 aliphatic rings. The molecule has 164 valence electrons. The van der Waals surface area contributed by atoms with Crippen LogP contribution in [0.1, 0.15) is 0 Å². The smallest absolute Gasteiger partial charge is 0.161 e. The highest BCUT2D eigenvalue weighted by Gasteiger charge is 2.17. The molecule has 8 aromatic rings. The van der Waals surface area contributed by atoms with Crippen LogP contribution in [-0.4, -0.2) is 9.97 Å². The third-order valence-electron chi connectivity index (χ3n) is 6.78. The van der Waals surface area contributed by atoms with Crippen LogP contribution in [0.2, 0.25) is 5.15 Å². The lowest BCUT2D eigenvalue weighted by Gasteiger charge is -2.04. The van der Waals surface area contributed by atoms with Gasteiger partial charge in [-0.1, -0.05) is 72.3 Å². The Morgan fingerprint density at radius 1 is 0.657 bits per heavy atom. The molecule has 0 amide bonds. The number of halogens is 1. The molecule has 0 N–H and O–H groups in total. The fourth-order valence-corrected chi connectivity index (χ4v) is 6.51. The summed E-state index contributed by atoms with van der Waals surface area (Å²) in [5, 5.41) is 8.51. The highest BCUT2D eigenvalue weighted by Crippen LogP contribution is 2.41. The standard InChI is InChI=1S/C30H15ClN2OS/c31-29-28-27(26-20-8-4-2-6-17(20)11-14-24(26)35-28)32-30(33-29)18-10-12-22-21(15-18)25-19-7-3-1-5-16(19)9-13-23(25)34-22/h1-15H. The Hall–Kier alpha value is -3.99. The molecule has 0 atom stereocenters. The number of hydrogen-bond acceptors (Lipinski definition) is 4. The van der Waals surface area contributed by atoms with Crippen LogP contribution < -0.4 is 0 Å². The lowest BCUT2D eigenvalue weighted by atomic mass is 10.0. The van der Waals surface area contributed by atoms with Gasteiger partial charge in [0.1, 0.15) is 11.2 Å². The van der Waals surface area contributed by atoms with Crippen molar-refractivity contribution >= 4 is 86.7 Å². The van der Waals surface area contributed by atoms with Gasteiger partial charge < -0.3 is 4.42 Å². The van der Waals surface area contributed by atoms with Crippen molar-refractivity contribution in [3.05, 3.63) is 96.1 Å². The van der Waals surface area contributed by atoms with Gasteiger partial charge in [0.05, 0.1) is 10.2 Å². The Morgan fingerprint density at radius 2 is 1.37 bits per heavy atom. The molecule has 0 unspecified atom stereocenters. The third-order valence-corrected chi connectivity index (χ3v) is 8.32. The van der Waals surface area contributed by atoms with Crippen molar-refractivity contribution in [3.63, 3.8) is 0 Å². The van der Waals surface area contributed by atoms with Crippen LogP contribution in [0.5, 0.6) is 0 Å². The van der Waals surface area contributed by atoms with E-state index < -0.39 is 0 Å². The highest BCUT2D eigenvalue weighted by molar-refractivity contribution is 7.26. The van der Waals surface area contributed by atoms with Crippen molar-refractivity contribution in [1.82, 2.24) is 9.97 Å². The van der Waals surface area contributed by atoms with Crippen LogP contribution in [0.25, 0.3) is 75.2 Å². The second kappa shape index (κ2) is 7.01. The fraction of sp³-hybridized carbons (Fsp3) is 0. The summed E-state index contributed by atoms with van der Waals surface area (Å²) in [6.45, 7) is 0. The largest absolute Gasteiger partial charge is 0.456 e. The molecule has 0 aliphatic heterocycles. The molecule has 0 saturated carbocycles. The van der Waals surface area contributed by atoms with E-state index in [0.29, 0.717) is 11.0 Å². The number of hydrogen-bond donors (Lipinski definition) is 0. The normalized spacial score (nSPS) is 12.1. The summed E-state index contributed by atoms with van der Waals surface area (Å²) < 4.78 is 8.25. The first-order chi connectivity index (χ1) is 17.2. The second-order valence-corrected chi connectivity index (χ2v) is 10.2. The van der Waals surface area contributed by atoms with Crippen LogP contribution in [0.4, 0.5) is 0 Å². The summed E-state index contributed by atoms with van der Waals surface area (Å²) in [6.07, 6.45) is 0. The Morgan fingerprint density at radius 3 is 2.20 bits per heavy atom. The van der Waals surface area contributed by atoms with Gasteiger partial charge in [-0.15, -0.1) is 11.3 Å². The number of aromatic nitrogens is 2. The number of furan rings is 1. The molecule has 8 rings (SSSR count). The van der Waals surface area contributed by atoms with Gasteiger partial charge >= 0.3 is 0 Å². The van der Waals surface area contributed by atoms with E-state index in [2.05, 4.69) is 72.8 Å². The molecule has 3 nitrogen and oxygen atoms in total. The summed E-state index contributed by atoms with van der Waals surface area (Å²) in [5.41, 5.74) is 3.54. The lowest BCUT2D eigenvalue weighted by molar-refractivity contribution is 0.669. The zero-order valence-electron chi connectivity index (χ0n) is 18.2. The maximum atomic E-state index is 6.75. The van der Waals surface area contributed by atoms with Crippen molar-refractivity contribution in [3.8, 4) is 11.4 Å². The minimum Gasteiger partial charge on any atom is -0.456 e. The van der Waals surface area contributed by atoms with Gasteiger partial charge in [-0.05, 0) is 51.9 Å². The van der Waals surface area contributed by atoms with Crippen molar-refractivity contribution < 1.29 is 4.42 Å². The fourth-order valence-electron chi connectivity index (χ4n) is 5.19. The summed E-state index contributed by atoms with van der Waals surface area (Å²) in [4.78, 5) is 9.78. The van der Waals surface area contributed by atoms with Crippen molar-refractivity contribution in [2.75, 3.05) is 0 Å². The summed E-state index contributed by atoms with van der Waals surface area (Å²) >= 11 is 8.39. The Balaban J connectivity index is 1.44.